The molecule has 0 amide bonds. The summed E-state index contributed by atoms with van der Waals surface area (Å²) in [4.78, 5) is 4.69. The largest absolute Gasteiger partial charge is 0.309 e. The second kappa shape index (κ2) is 8.40. The molecule has 0 N–H and O–H groups in total. The standard InChI is InChI=1S/C33H23N3/c1-2-8-24(9-3-1)25-14-18-27(19-15-25)35-23-22-34-33(35)26-16-20-28(21-17-26)36-31-12-6-4-10-29(31)30-11-5-7-13-32(30)36/h1-23H. The molecule has 0 aliphatic carbocycles. The van der Waals surface area contributed by atoms with E-state index >= 15 is 0 Å². The minimum Gasteiger partial charge on any atom is -0.309 e. The van der Waals surface area contributed by atoms with Crippen molar-refractivity contribution in [1.29, 1.82) is 0 Å². The van der Waals surface area contributed by atoms with Gasteiger partial charge in [-0.1, -0.05) is 78.9 Å². The lowest BCUT2D eigenvalue weighted by Gasteiger charge is -2.11. The second-order valence-corrected chi connectivity index (χ2v) is 8.95. The maximum absolute atomic E-state index is 4.69. The zero-order valence-corrected chi connectivity index (χ0v) is 19.6. The predicted molar refractivity (Wildman–Crippen MR) is 149 cm³/mol. The molecule has 0 bridgehead atoms. The van der Waals surface area contributed by atoms with Crippen molar-refractivity contribution >= 4 is 21.8 Å². The van der Waals surface area contributed by atoms with Crippen LogP contribution in [0.5, 0.6) is 0 Å². The first-order valence-corrected chi connectivity index (χ1v) is 12.1. The van der Waals surface area contributed by atoms with Gasteiger partial charge in [0.2, 0.25) is 0 Å². The second-order valence-electron chi connectivity index (χ2n) is 8.95. The van der Waals surface area contributed by atoms with E-state index in [4.69, 9.17) is 4.98 Å². The Hall–Kier alpha value is -4.89. The molecule has 3 nitrogen and oxygen atoms in total. The molecule has 0 unspecified atom stereocenters. The van der Waals surface area contributed by atoms with E-state index in [1.54, 1.807) is 0 Å². The smallest absolute Gasteiger partial charge is 0.144 e. The van der Waals surface area contributed by atoms with Crippen molar-refractivity contribution in [2.45, 2.75) is 0 Å². The van der Waals surface area contributed by atoms with E-state index in [0.717, 1.165) is 22.8 Å². The fourth-order valence-corrected chi connectivity index (χ4v) is 5.13. The number of nitrogens with zero attached hydrogens (tertiary/aromatic N) is 3. The van der Waals surface area contributed by atoms with Crippen molar-refractivity contribution in [2.75, 3.05) is 0 Å². The molecule has 170 valence electrons. The maximum atomic E-state index is 4.69. The highest BCUT2D eigenvalue weighted by atomic mass is 15.1. The van der Waals surface area contributed by atoms with E-state index in [2.05, 4.69) is 130 Å². The first-order valence-electron chi connectivity index (χ1n) is 12.1. The Morgan fingerprint density at radius 2 is 0.972 bits per heavy atom. The van der Waals surface area contributed by atoms with Gasteiger partial charge in [-0.25, -0.2) is 4.98 Å². The monoisotopic (exact) mass is 461 g/mol. The summed E-state index contributed by atoms with van der Waals surface area (Å²) in [6.07, 6.45) is 3.88. The lowest BCUT2D eigenvalue weighted by Crippen LogP contribution is -1.97. The van der Waals surface area contributed by atoms with Crippen LogP contribution in [0.3, 0.4) is 0 Å². The lowest BCUT2D eigenvalue weighted by molar-refractivity contribution is 1.07. The van der Waals surface area contributed by atoms with E-state index in [-0.39, 0.29) is 0 Å². The molecule has 7 rings (SSSR count). The van der Waals surface area contributed by atoms with Crippen LogP contribution in [0.1, 0.15) is 0 Å². The molecule has 0 aliphatic rings. The molecule has 2 heterocycles. The SMILES string of the molecule is c1ccc(-c2ccc(-n3ccnc3-c3ccc(-n4c5ccccc5c5ccccc54)cc3)cc2)cc1. The first kappa shape index (κ1) is 20.5. The molecule has 7 aromatic rings. The van der Waals surface area contributed by atoms with Crippen LogP contribution in [0.15, 0.2) is 140 Å². The summed E-state index contributed by atoms with van der Waals surface area (Å²) in [5.74, 6) is 0.927. The molecular weight excluding hydrogens is 438 g/mol. The van der Waals surface area contributed by atoms with Crippen molar-refractivity contribution < 1.29 is 0 Å². The molecule has 0 atom stereocenters. The summed E-state index contributed by atoms with van der Waals surface area (Å²) in [5.41, 5.74) is 8.16. The number of fused-ring (bicyclic) bond motifs is 3. The van der Waals surface area contributed by atoms with Gasteiger partial charge >= 0.3 is 0 Å². The first-order chi connectivity index (χ1) is 17.9. The Kier molecular flexibility index (Phi) is 4.78. The third kappa shape index (κ3) is 3.33. The topological polar surface area (TPSA) is 22.8 Å². The van der Waals surface area contributed by atoms with Gasteiger partial charge in [-0.2, -0.15) is 0 Å². The Bertz CT molecular complexity index is 1750. The van der Waals surface area contributed by atoms with Crippen molar-refractivity contribution in [1.82, 2.24) is 14.1 Å². The normalized spacial score (nSPS) is 11.3. The molecular formula is C33H23N3. The molecule has 2 aromatic heterocycles. The molecule has 0 radical (unpaired) electrons. The van der Waals surface area contributed by atoms with Gasteiger partial charge in [0.1, 0.15) is 5.82 Å². The van der Waals surface area contributed by atoms with E-state index in [1.807, 2.05) is 18.5 Å². The van der Waals surface area contributed by atoms with Crippen LogP contribution in [0, 0.1) is 0 Å². The molecule has 5 aromatic carbocycles. The van der Waals surface area contributed by atoms with Gasteiger partial charge in [-0.15, -0.1) is 0 Å². The van der Waals surface area contributed by atoms with E-state index in [0.29, 0.717) is 0 Å². The van der Waals surface area contributed by atoms with Gasteiger partial charge in [0.25, 0.3) is 0 Å². The van der Waals surface area contributed by atoms with Gasteiger partial charge in [0.15, 0.2) is 0 Å². The third-order valence-electron chi connectivity index (χ3n) is 6.86. The quantitative estimate of drug-likeness (QED) is 0.258. The van der Waals surface area contributed by atoms with Crippen LogP contribution in [-0.4, -0.2) is 14.1 Å². The lowest BCUT2D eigenvalue weighted by atomic mass is 10.1. The number of benzene rings is 5. The van der Waals surface area contributed by atoms with Gasteiger partial charge in [0, 0.05) is 40.1 Å². The van der Waals surface area contributed by atoms with Crippen molar-refractivity contribution in [2.24, 2.45) is 0 Å². The van der Waals surface area contributed by atoms with Crippen LogP contribution >= 0.6 is 0 Å². The predicted octanol–water partition coefficient (Wildman–Crippen LogP) is 8.30. The average Bonchev–Trinajstić information content (AvgIpc) is 3.57. The Labute approximate surface area is 209 Å². The highest BCUT2D eigenvalue weighted by molar-refractivity contribution is 6.09. The highest BCUT2D eigenvalue weighted by Crippen LogP contribution is 2.32. The molecule has 0 saturated carbocycles. The Morgan fingerprint density at radius 1 is 0.444 bits per heavy atom. The number of rotatable bonds is 4. The molecule has 36 heavy (non-hydrogen) atoms. The van der Waals surface area contributed by atoms with Crippen molar-refractivity contribution in [3.8, 4) is 33.9 Å². The summed E-state index contributed by atoms with van der Waals surface area (Å²) < 4.78 is 4.48. The van der Waals surface area contributed by atoms with Crippen LogP contribution < -0.4 is 0 Å². The zero-order valence-electron chi connectivity index (χ0n) is 19.6. The third-order valence-corrected chi connectivity index (χ3v) is 6.86. The minimum atomic E-state index is 0.927. The van der Waals surface area contributed by atoms with Crippen LogP contribution in [0.2, 0.25) is 0 Å². The number of para-hydroxylation sites is 2. The van der Waals surface area contributed by atoms with Crippen LogP contribution in [0.4, 0.5) is 0 Å². The average molecular weight is 462 g/mol. The van der Waals surface area contributed by atoms with Gasteiger partial charge in [-0.3, -0.25) is 4.57 Å². The van der Waals surface area contributed by atoms with Gasteiger partial charge < -0.3 is 4.57 Å². The number of hydrogen-bond acceptors (Lipinski definition) is 1. The number of imidazole rings is 1. The molecule has 0 spiro atoms. The Morgan fingerprint density at radius 3 is 1.64 bits per heavy atom. The molecule has 0 saturated heterocycles. The molecule has 3 heteroatoms. The summed E-state index contributed by atoms with van der Waals surface area (Å²) in [5, 5.41) is 2.54. The van der Waals surface area contributed by atoms with E-state index in [1.165, 1.54) is 32.9 Å². The fraction of sp³-hybridized carbons (Fsp3) is 0. The number of aromatic nitrogens is 3. The maximum Gasteiger partial charge on any atom is 0.144 e. The van der Waals surface area contributed by atoms with Gasteiger partial charge in [-0.05, 0) is 59.7 Å². The Balaban J connectivity index is 1.26. The van der Waals surface area contributed by atoms with Crippen molar-refractivity contribution in [3.05, 3.63) is 140 Å². The van der Waals surface area contributed by atoms with E-state index in [9.17, 15) is 0 Å². The fourth-order valence-electron chi connectivity index (χ4n) is 5.13. The number of hydrogen-bond donors (Lipinski definition) is 0. The molecule has 0 fully saturated rings. The van der Waals surface area contributed by atoms with Crippen LogP contribution in [0.25, 0.3) is 55.7 Å². The summed E-state index contributed by atoms with van der Waals surface area (Å²) in [6, 6.07) is 45.0. The summed E-state index contributed by atoms with van der Waals surface area (Å²) in [6.45, 7) is 0. The van der Waals surface area contributed by atoms with Gasteiger partial charge in [0.05, 0.1) is 11.0 Å². The minimum absolute atomic E-state index is 0.927. The zero-order chi connectivity index (χ0) is 23.9. The van der Waals surface area contributed by atoms with E-state index < -0.39 is 0 Å². The van der Waals surface area contributed by atoms with Crippen molar-refractivity contribution in [3.63, 3.8) is 0 Å². The van der Waals surface area contributed by atoms with Crippen LogP contribution in [-0.2, 0) is 0 Å². The summed E-state index contributed by atoms with van der Waals surface area (Å²) in [7, 11) is 0. The highest BCUT2D eigenvalue weighted by Gasteiger charge is 2.13. The molecule has 0 aliphatic heterocycles. The summed E-state index contributed by atoms with van der Waals surface area (Å²) >= 11 is 0.